The van der Waals surface area contributed by atoms with E-state index in [0.717, 1.165) is 34.3 Å². The van der Waals surface area contributed by atoms with Crippen molar-refractivity contribution in [3.63, 3.8) is 0 Å². The molecule has 1 amide bonds. The number of hydrogen-bond donors (Lipinski definition) is 2. The molecule has 2 atom stereocenters. The lowest BCUT2D eigenvalue weighted by Crippen LogP contribution is -2.50. The molecule has 4 rings (SSSR count). The summed E-state index contributed by atoms with van der Waals surface area (Å²) in [6.07, 6.45) is 0.599. The van der Waals surface area contributed by atoms with Crippen LogP contribution in [-0.4, -0.2) is 41.4 Å². The molecule has 3 heterocycles. The molecule has 0 bridgehead atoms. The molecule has 7 heteroatoms. The molecule has 1 aromatic carbocycles. The minimum Gasteiger partial charge on any atom is -0.379 e. The minimum absolute atomic E-state index is 0.124. The molecule has 0 radical (unpaired) electrons. The van der Waals surface area contributed by atoms with Gasteiger partial charge in [0.25, 0.3) is 5.91 Å². The average molecular weight is 369 g/mol. The molecule has 0 saturated carbocycles. The van der Waals surface area contributed by atoms with Crippen LogP contribution in [0, 0.1) is 13.8 Å². The van der Waals surface area contributed by atoms with Gasteiger partial charge in [0.2, 0.25) is 0 Å². The molecular weight excluding hydrogens is 346 g/mol. The van der Waals surface area contributed by atoms with Gasteiger partial charge in [0.15, 0.2) is 0 Å². The fourth-order valence-corrected chi connectivity index (χ4v) is 3.39. The Morgan fingerprint density at radius 2 is 2.22 bits per heavy atom. The third-order valence-electron chi connectivity index (χ3n) is 5.01. The summed E-state index contributed by atoms with van der Waals surface area (Å²) in [5, 5.41) is 8.01. The first-order chi connectivity index (χ1) is 13.1. The average Bonchev–Trinajstić information content (AvgIpc) is 3.25. The quantitative estimate of drug-likeness (QED) is 0.722. The van der Waals surface area contributed by atoms with E-state index in [9.17, 15) is 4.79 Å². The molecule has 0 spiro atoms. The van der Waals surface area contributed by atoms with Gasteiger partial charge < -0.3 is 24.3 Å². The van der Waals surface area contributed by atoms with Gasteiger partial charge in [-0.3, -0.25) is 4.79 Å². The van der Waals surface area contributed by atoms with E-state index in [1.807, 2.05) is 44.2 Å². The lowest BCUT2D eigenvalue weighted by Gasteiger charge is -2.32. The lowest BCUT2D eigenvalue weighted by atomic mass is 10.1. The fourth-order valence-electron chi connectivity index (χ4n) is 3.39. The van der Waals surface area contributed by atoms with Gasteiger partial charge in [0.1, 0.15) is 11.5 Å². The van der Waals surface area contributed by atoms with E-state index in [2.05, 4.69) is 15.5 Å². The molecule has 3 aromatic rings. The Hall–Kier alpha value is -2.64. The number of carbonyl (C=O) groups excluding carboxylic acids is 1. The van der Waals surface area contributed by atoms with Gasteiger partial charge in [-0.15, -0.1) is 0 Å². The van der Waals surface area contributed by atoms with Gasteiger partial charge in [0, 0.05) is 23.1 Å². The number of ether oxygens (including phenoxy) is 2. The maximum atomic E-state index is 12.7. The standard InChI is InChI=1S/C20H23N3O4/c1-12-15(13(2)27-23-12)10-26-19-7-8-25-11-18(19)22-20(24)17-9-14-5-3-4-6-16(14)21-17/h3-6,9,18-19,21H,7-8,10-11H2,1-2H3,(H,22,24). The summed E-state index contributed by atoms with van der Waals surface area (Å²) in [7, 11) is 0. The predicted octanol–water partition coefficient (Wildman–Crippen LogP) is 2.88. The summed E-state index contributed by atoms with van der Waals surface area (Å²) in [5.41, 5.74) is 3.26. The highest BCUT2D eigenvalue weighted by Crippen LogP contribution is 2.19. The van der Waals surface area contributed by atoms with Crippen molar-refractivity contribution in [3.05, 3.63) is 53.0 Å². The largest absolute Gasteiger partial charge is 0.379 e. The van der Waals surface area contributed by atoms with Crippen molar-refractivity contribution in [2.45, 2.75) is 39.0 Å². The van der Waals surface area contributed by atoms with E-state index >= 15 is 0 Å². The van der Waals surface area contributed by atoms with Crippen LogP contribution < -0.4 is 5.32 Å². The molecule has 7 nitrogen and oxygen atoms in total. The Labute approximate surface area is 157 Å². The second-order valence-corrected chi connectivity index (χ2v) is 6.87. The molecular formula is C20H23N3O4. The number of nitrogens with zero attached hydrogens (tertiary/aromatic N) is 1. The Kier molecular flexibility index (Phi) is 4.96. The third kappa shape index (κ3) is 3.74. The molecule has 1 aliphatic rings. The SMILES string of the molecule is Cc1noc(C)c1COC1CCOCC1NC(=O)c1cc2ccccc2[nH]1. The smallest absolute Gasteiger partial charge is 0.268 e. The zero-order valence-corrected chi connectivity index (χ0v) is 15.5. The van der Waals surface area contributed by atoms with Gasteiger partial charge in [-0.25, -0.2) is 0 Å². The molecule has 142 valence electrons. The van der Waals surface area contributed by atoms with E-state index in [4.69, 9.17) is 14.0 Å². The van der Waals surface area contributed by atoms with Crippen LogP contribution in [0.5, 0.6) is 0 Å². The lowest BCUT2D eigenvalue weighted by molar-refractivity contribution is -0.0608. The van der Waals surface area contributed by atoms with Crippen molar-refractivity contribution < 1.29 is 18.8 Å². The topological polar surface area (TPSA) is 89.4 Å². The number of hydrogen-bond acceptors (Lipinski definition) is 5. The summed E-state index contributed by atoms with van der Waals surface area (Å²) in [5.74, 6) is 0.603. The highest BCUT2D eigenvalue weighted by Gasteiger charge is 2.29. The summed E-state index contributed by atoms with van der Waals surface area (Å²) in [4.78, 5) is 15.8. The second-order valence-electron chi connectivity index (χ2n) is 6.87. The van der Waals surface area contributed by atoms with Gasteiger partial charge in [0.05, 0.1) is 31.1 Å². The van der Waals surface area contributed by atoms with Gasteiger partial charge in [-0.05, 0) is 32.4 Å². The predicted molar refractivity (Wildman–Crippen MR) is 99.5 cm³/mol. The van der Waals surface area contributed by atoms with Crippen LogP contribution in [0.3, 0.4) is 0 Å². The van der Waals surface area contributed by atoms with E-state index in [1.54, 1.807) is 0 Å². The van der Waals surface area contributed by atoms with Crippen LogP contribution in [0.2, 0.25) is 0 Å². The highest BCUT2D eigenvalue weighted by atomic mass is 16.5. The number of aromatic amines is 1. The molecule has 1 aliphatic heterocycles. The van der Waals surface area contributed by atoms with Crippen LogP contribution in [0.4, 0.5) is 0 Å². The van der Waals surface area contributed by atoms with Gasteiger partial charge >= 0.3 is 0 Å². The van der Waals surface area contributed by atoms with Crippen molar-refractivity contribution >= 4 is 16.8 Å². The van der Waals surface area contributed by atoms with Crippen LogP contribution >= 0.6 is 0 Å². The number of H-pyrrole nitrogens is 1. The van der Waals surface area contributed by atoms with Crippen molar-refractivity contribution in [2.24, 2.45) is 0 Å². The Morgan fingerprint density at radius 1 is 1.37 bits per heavy atom. The van der Waals surface area contributed by atoms with Gasteiger partial charge in [-0.1, -0.05) is 23.4 Å². The molecule has 0 aliphatic carbocycles. The number of aromatic nitrogens is 2. The first-order valence-electron chi connectivity index (χ1n) is 9.11. The molecule has 2 unspecified atom stereocenters. The molecule has 27 heavy (non-hydrogen) atoms. The van der Waals surface area contributed by atoms with Crippen LogP contribution in [0.1, 0.15) is 33.9 Å². The highest BCUT2D eigenvalue weighted by molar-refractivity contribution is 5.98. The minimum atomic E-state index is -0.210. The number of para-hydroxylation sites is 1. The van der Waals surface area contributed by atoms with Crippen LogP contribution in [0.25, 0.3) is 10.9 Å². The number of aryl methyl sites for hydroxylation is 2. The van der Waals surface area contributed by atoms with Gasteiger partial charge in [-0.2, -0.15) is 0 Å². The fraction of sp³-hybridized carbons (Fsp3) is 0.400. The maximum absolute atomic E-state index is 12.7. The molecule has 1 fully saturated rings. The first kappa shape index (κ1) is 17.8. The van der Waals surface area contributed by atoms with E-state index < -0.39 is 0 Å². The van der Waals surface area contributed by atoms with Crippen LogP contribution in [0.15, 0.2) is 34.9 Å². The Bertz CT molecular complexity index is 893. The number of fused-ring (bicyclic) bond motifs is 1. The summed E-state index contributed by atoms with van der Waals surface area (Å²) < 4.78 is 16.8. The molecule has 2 N–H and O–H groups in total. The third-order valence-corrected chi connectivity index (χ3v) is 5.01. The first-order valence-corrected chi connectivity index (χ1v) is 9.11. The van der Waals surface area contributed by atoms with Crippen molar-refractivity contribution in [3.8, 4) is 0 Å². The number of carbonyl (C=O) groups is 1. The van der Waals surface area contributed by atoms with Crippen molar-refractivity contribution in [1.29, 1.82) is 0 Å². The summed E-state index contributed by atoms with van der Waals surface area (Å²) in [6, 6.07) is 9.46. The number of benzene rings is 1. The molecule has 2 aromatic heterocycles. The zero-order valence-electron chi connectivity index (χ0n) is 15.5. The van der Waals surface area contributed by atoms with E-state index in [-0.39, 0.29) is 18.1 Å². The maximum Gasteiger partial charge on any atom is 0.268 e. The number of amides is 1. The van der Waals surface area contributed by atoms with Crippen molar-refractivity contribution in [2.75, 3.05) is 13.2 Å². The monoisotopic (exact) mass is 369 g/mol. The number of nitrogens with one attached hydrogen (secondary N) is 2. The van der Waals surface area contributed by atoms with E-state index in [1.165, 1.54) is 0 Å². The van der Waals surface area contributed by atoms with E-state index in [0.29, 0.717) is 25.5 Å². The summed E-state index contributed by atoms with van der Waals surface area (Å²) >= 11 is 0. The van der Waals surface area contributed by atoms with Crippen molar-refractivity contribution in [1.82, 2.24) is 15.5 Å². The normalized spacial score (nSPS) is 20.1. The Morgan fingerprint density at radius 3 is 3.00 bits per heavy atom. The second kappa shape index (κ2) is 7.54. The number of rotatable bonds is 5. The molecule has 1 saturated heterocycles. The Balaban J connectivity index is 1.43. The zero-order chi connectivity index (χ0) is 18.8. The van der Waals surface area contributed by atoms with Crippen LogP contribution in [-0.2, 0) is 16.1 Å². The summed E-state index contributed by atoms with van der Waals surface area (Å²) in [6.45, 7) is 5.22.